The zero-order valence-electron chi connectivity index (χ0n) is 8.90. The minimum atomic E-state index is -0.546. The zero-order chi connectivity index (χ0) is 11.5. The second-order valence-electron chi connectivity index (χ2n) is 3.70. The van der Waals surface area contributed by atoms with Gasteiger partial charge >= 0.3 is 0 Å². The molecule has 0 radical (unpaired) electrons. The molecule has 1 aliphatic carbocycles. The maximum atomic E-state index is 11.6. The molecule has 0 N–H and O–H groups in total. The average molecular weight is 217 g/mol. The summed E-state index contributed by atoms with van der Waals surface area (Å²) in [5.74, 6) is 0.502. The van der Waals surface area contributed by atoms with Crippen LogP contribution in [0.25, 0.3) is 0 Å². The van der Waals surface area contributed by atoms with Gasteiger partial charge in [-0.3, -0.25) is 4.79 Å². The quantitative estimate of drug-likeness (QED) is 0.575. The van der Waals surface area contributed by atoms with Gasteiger partial charge in [-0.05, 0) is 30.9 Å². The van der Waals surface area contributed by atoms with Crippen LogP contribution in [0.3, 0.4) is 0 Å². The highest BCUT2D eigenvalue weighted by molar-refractivity contribution is 5.99. The lowest BCUT2D eigenvalue weighted by Crippen LogP contribution is -2.02. The van der Waals surface area contributed by atoms with Crippen molar-refractivity contribution in [3.05, 3.63) is 29.3 Å². The van der Waals surface area contributed by atoms with Crippen molar-refractivity contribution in [2.24, 2.45) is 4.99 Å². The number of ether oxygens (including phenoxy) is 1. The van der Waals surface area contributed by atoms with Crippen LogP contribution in [0.4, 0.5) is 0 Å². The largest absolute Gasteiger partial charge is 0.496 e. The maximum Gasteiger partial charge on any atom is 0.288 e. The van der Waals surface area contributed by atoms with E-state index in [1.807, 2.05) is 6.07 Å². The third-order valence-corrected chi connectivity index (χ3v) is 2.65. The fraction of sp³-hybridized carbons (Fsp3) is 0.333. The first-order valence-corrected chi connectivity index (χ1v) is 5.07. The van der Waals surface area contributed by atoms with Gasteiger partial charge in [0.1, 0.15) is 5.75 Å². The Morgan fingerprint density at radius 3 is 2.81 bits per heavy atom. The number of methoxy groups -OCH3 is 1. The average Bonchev–Trinajstić information content (AvgIpc) is 3.12. The number of carbonyl (C=O) groups is 1. The molecule has 4 nitrogen and oxygen atoms in total. The van der Waals surface area contributed by atoms with Gasteiger partial charge in [0.2, 0.25) is 6.08 Å². The van der Waals surface area contributed by atoms with E-state index in [0.717, 1.165) is 18.4 Å². The van der Waals surface area contributed by atoms with E-state index in [9.17, 15) is 9.59 Å². The Morgan fingerprint density at radius 2 is 2.25 bits per heavy atom. The first-order chi connectivity index (χ1) is 7.77. The van der Waals surface area contributed by atoms with Gasteiger partial charge in [-0.2, -0.15) is 0 Å². The predicted octanol–water partition coefficient (Wildman–Crippen LogP) is 2.05. The molecule has 0 heterocycles. The maximum absolute atomic E-state index is 11.6. The van der Waals surface area contributed by atoms with E-state index in [0.29, 0.717) is 17.2 Å². The fourth-order valence-electron chi connectivity index (χ4n) is 1.80. The number of nitrogens with zero attached hydrogens (tertiary/aromatic N) is 1. The van der Waals surface area contributed by atoms with Crippen LogP contribution >= 0.6 is 0 Å². The molecule has 0 unspecified atom stereocenters. The Hall–Kier alpha value is -1.93. The molecule has 82 valence electrons. The Labute approximate surface area is 92.9 Å². The smallest absolute Gasteiger partial charge is 0.288 e. The Morgan fingerprint density at radius 1 is 1.50 bits per heavy atom. The minimum absolute atomic E-state index is 0.358. The lowest BCUT2D eigenvalue weighted by Gasteiger charge is -2.10. The zero-order valence-corrected chi connectivity index (χ0v) is 8.90. The second kappa shape index (κ2) is 4.29. The molecule has 1 aromatic rings. The number of isocyanates is 1. The van der Waals surface area contributed by atoms with E-state index in [-0.39, 0.29) is 0 Å². The third-order valence-electron chi connectivity index (χ3n) is 2.65. The van der Waals surface area contributed by atoms with Crippen molar-refractivity contribution in [3.63, 3.8) is 0 Å². The molecular formula is C12H11NO3. The predicted molar refractivity (Wildman–Crippen MR) is 57.4 cm³/mol. The van der Waals surface area contributed by atoms with Gasteiger partial charge in [-0.25, -0.2) is 4.79 Å². The molecule has 1 fully saturated rings. The summed E-state index contributed by atoms with van der Waals surface area (Å²) in [4.78, 5) is 24.8. The van der Waals surface area contributed by atoms with Gasteiger partial charge in [0.25, 0.3) is 5.91 Å². The normalized spacial score (nSPS) is 14.1. The molecule has 0 saturated heterocycles. The first-order valence-electron chi connectivity index (χ1n) is 5.07. The van der Waals surface area contributed by atoms with Crippen molar-refractivity contribution in [2.45, 2.75) is 18.8 Å². The van der Waals surface area contributed by atoms with Crippen molar-refractivity contribution in [1.82, 2.24) is 0 Å². The summed E-state index contributed by atoms with van der Waals surface area (Å²) in [7, 11) is 1.57. The van der Waals surface area contributed by atoms with E-state index in [2.05, 4.69) is 4.99 Å². The third kappa shape index (κ3) is 1.88. The molecule has 16 heavy (non-hydrogen) atoms. The summed E-state index contributed by atoms with van der Waals surface area (Å²) < 4.78 is 5.22. The van der Waals surface area contributed by atoms with Crippen LogP contribution in [0.1, 0.15) is 34.7 Å². The highest BCUT2D eigenvalue weighted by Gasteiger charge is 2.31. The van der Waals surface area contributed by atoms with E-state index in [1.165, 1.54) is 6.08 Å². The van der Waals surface area contributed by atoms with Gasteiger partial charge in [0.05, 0.1) is 7.11 Å². The van der Waals surface area contributed by atoms with Crippen LogP contribution in [0.5, 0.6) is 5.75 Å². The molecular weight excluding hydrogens is 206 g/mol. The van der Waals surface area contributed by atoms with Crippen LogP contribution in [-0.2, 0) is 4.79 Å². The van der Waals surface area contributed by atoms with Gasteiger partial charge in [0.15, 0.2) is 0 Å². The minimum Gasteiger partial charge on any atom is -0.496 e. The monoisotopic (exact) mass is 217 g/mol. The van der Waals surface area contributed by atoms with Crippen molar-refractivity contribution < 1.29 is 14.3 Å². The van der Waals surface area contributed by atoms with Crippen LogP contribution in [0.15, 0.2) is 23.2 Å². The van der Waals surface area contributed by atoms with E-state index in [1.54, 1.807) is 19.2 Å². The number of rotatable bonds is 3. The molecule has 1 aliphatic rings. The van der Waals surface area contributed by atoms with Gasteiger partial charge in [-0.1, -0.05) is 6.07 Å². The van der Waals surface area contributed by atoms with Crippen LogP contribution in [0.2, 0.25) is 0 Å². The second-order valence-corrected chi connectivity index (χ2v) is 3.70. The summed E-state index contributed by atoms with van der Waals surface area (Å²) in [6.07, 6.45) is 3.37. The summed E-state index contributed by atoms with van der Waals surface area (Å²) in [5, 5.41) is 0. The van der Waals surface area contributed by atoms with Gasteiger partial charge < -0.3 is 4.74 Å². The highest BCUT2D eigenvalue weighted by Crippen LogP contribution is 2.46. The van der Waals surface area contributed by atoms with E-state index >= 15 is 0 Å². The molecule has 4 heteroatoms. The van der Waals surface area contributed by atoms with Crippen LogP contribution < -0.4 is 4.74 Å². The summed E-state index contributed by atoms with van der Waals surface area (Å²) in [5.41, 5.74) is 1.32. The Kier molecular flexibility index (Phi) is 2.84. The van der Waals surface area contributed by atoms with E-state index < -0.39 is 5.91 Å². The standard InChI is InChI=1S/C12H11NO3/c1-16-10-4-2-3-9(12(15)13-7-14)11(10)8-5-6-8/h2-4,8H,5-6H2,1H3. The molecule has 0 atom stereocenters. The lowest BCUT2D eigenvalue weighted by atomic mass is 10.0. The molecule has 1 aromatic carbocycles. The molecule has 2 rings (SSSR count). The molecule has 1 amide bonds. The summed E-state index contributed by atoms with van der Waals surface area (Å²) in [6.45, 7) is 0. The molecule has 0 aromatic heterocycles. The number of amides is 1. The number of aliphatic imine (C=N–C) groups is 1. The van der Waals surface area contributed by atoms with Crippen molar-refractivity contribution in [1.29, 1.82) is 0 Å². The molecule has 0 aliphatic heterocycles. The Bertz CT molecular complexity index is 471. The van der Waals surface area contributed by atoms with Gasteiger partial charge in [0, 0.05) is 11.1 Å². The Balaban J connectivity index is 2.50. The number of benzene rings is 1. The lowest BCUT2D eigenvalue weighted by molar-refractivity contribution is 0.100. The van der Waals surface area contributed by atoms with E-state index in [4.69, 9.17) is 4.74 Å². The fourth-order valence-corrected chi connectivity index (χ4v) is 1.80. The SMILES string of the molecule is COc1cccc(C(=O)N=C=O)c1C1CC1. The molecule has 0 spiro atoms. The van der Waals surface area contributed by atoms with Crippen molar-refractivity contribution in [2.75, 3.05) is 7.11 Å². The van der Waals surface area contributed by atoms with Crippen molar-refractivity contribution >= 4 is 12.0 Å². The van der Waals surface area contributed by atoms with Gasteiger partial charge in [-0.15, -0.1) is 4.99 Å². The molecule has 1 saturated carbocycles. The number of hydrogen-bond acceptors (Lipinski definition) is 3. The first kappa shape index (κ1) is 10.6. The van der Waals surface area contributed by atoms with Crippen LogP contribution in [0, 0.1) is 0 Å². The number of carbonyl (C=O) groups excluding carboxylic acids is 2. The van der Waals surface area contributed by atoms with Crippen molar-refractivity contribution in [3.8, 4) is 5.75 Å². The number of hydrogen-bond donors (Lipinski definition) is 0. The van der Waals surface area contributed by atoms with Crippen LogP contribution in [-0.4, -0.2) is 19.1 Å². The summed E-state index contributed by atoms with van der Waals surface area (Å²) in [6, 6.07) is 5.20. The summed E-state index contributed by atoms with van der Waals surface area (Å²) >= 11 is 0. The topological polar surface area (TPSA) is 55.7 Å². The highest BCUT2D eigenvalue weighted by atomic mass is 16.5. The molecule has 0 bridgehead atoms.